The summed E-state index contributed by atoms with van der Waals surface area (Å²) in [7, 11) is 0. The molecule has 0 amide bonds. The maximum absolute atomic E-state index is 13.5. The summed E-state index contributed by atoms with van der Waals surface area (Å²) < 4.78 is 13.5. The second kappa shape index (κ2) is 4.02. The highest BCUT2D eigenvalue weighted by Crippen LogP contribution is 2.56. The van der Waals surface area contributed by atoms with Crippen molar-refractivity contribution < 1.29 is 4.39 Å². The smallest absolute Gasteiger partial charge is 0.126 e. The van der Waals surface area contributed by atoms with E-state index < -0.39 is 0 Å². The molecule has 2 rings (SSSR count). The Hall–Kier alpha value is -0.150. The van der Waals surface area contributed by atoms with Crippen molar-refractivity contribution >= 4 is 24.4 Å². The van der Waals surface area contributed by atoms with E-state index in [-0.39, 0.29) is 9.90 Å². The van der Waals surface area contributed by atoms with Gasteiger partial charge in [0.25, 0.3) is 0 Å². The van der Waals surface area contributed by atoms with Crippen LogP contribution >= 0.6 is 24.4 Å². The molecule has 0 spiro atoms. The van der Waals surface area contributed by atoms with E-state index in [4.69, 9.17) is 0 Å². The van der Waals surface area contributed by atoms with E-state index in [9.17, 15) is 4.39 Å². The number of rotatable bonds is 3. The van der Waals surface area contributed by atoms with Crippen LogP contribution in [0, 0.1) is 11.7 Å². The molecule has 0 saturated carbocycles. The quantitative estimate of drug-likeness (QED) is 0.620. The first-order valence-corrected chi connectivity index (χ1v) is 6.60. The fourth-order valence-corrected chi connectivity index (χ4v) is 2.58. The van der Waals surface area contributed by atoms with Gasteiger partial charge in [-0.2, -0.15) is 12.6 Å². The molecule has 1 aliphatic rings. The van der Waals surface area contributed by atoms with E-state index in [0.717, 1.165) is 23.3 Å². The molecule has 1 heterocycles. The largest absolute Gasteiger partial charge is 0.207 e. The fourth-order valence-electron chi connectivity index (χ4n) is 1.65. The van der Waals surface area contributed by atoms with Gasteiger partial charge in [0.15, 0.2) is 0 Å². The second-order valence-electron chi connectivity index (χ2n) is 4.48. The third kappa shape index (κ3) is 2.51. The van der Waals surface area contributed by atoms with E-state index in [0.29, 0.717) is 5.92 Å². The Morgan fingerprint density at radius 2 is 2.20 bits per heavy atom. The standard InChI is InChI=1S/C12H15FS2/c1-8(2)5-9-6-10(3-4-11(9)13)12(14)7-15-12/h3-4,6,8,14H,5,7H2,1-2H3. The summed E-state index contributed by atoms with van der Waals surface area (Å²) >= 11 is 6.37. The van der Waals surface area contributed by atoms with Crippen molar-refractivity contribution in [1.29, 1.82) is 0 Å². The van der Waals surface area contributed by atoms with Crippen LogP contribution in [-0.2, 0) is 10.5 Å². The lowest BCUT2D eigenvalue weighted by molar-refractivity contribution is 0.573. The van der Waals surface area contributed by atoms with Crippen LogP contribution in [0.1, 0.15) is 25.0 Å². The molecule has 82 valence electrons. The average Bonchev–Trinajstić information content (AvgIpc) is 2.88. The van der Waals surface area contributed by atoms with E-state index in [1.54, 1.807) is 17.8 Å². The van der Waals surface area contributed by atoms with Gasteiger partial charge in [-0.3, -0.25) is 0 Å². The first-order chi connectivity index (χ1) is 7.01. The van der Waals surface area contributed by atoms with E-state index in [1.165, 1.54) is 0 Å². The summed E-state index contributed by atoms with van der Waals surface area (Å²) in [6.07, 6.45) is 0.800. The summed E-state index contributed by atoms with van der Waals surface area (Å²) in [6, 6.07) is 5.40. The first kappa shape index (κ1) is 11.3. The van der Waals surface area contributed by atoms with Crippen LogP contribution < -0.4 is 0 Å². The molecule has 0 aromatic heterocycles. The molecule has 3 heteroatoms. The lowest BCUT2D eigenvalue weighted by Crippen LogP contribution is -2.02. The van der Waals surface area contributed by atoms with Gasteiger partial charge in [-0.1, -0.05) is 26.0 Å². The van der Waals surface area contributed by atoms with Crippen molar-refractivity contribution in [2.45, 2.75) is 24.3 Å². The molecule has 0 radical (unpaired) electrons. The third-order valence-electron chi connectivity index (χ3n) is 2.54. The van der Waals surface area contributed by atoms with Gasteiger partial charge >= 0.3 is 0 Å². The molecule has 0 aliphatic carbocycles. The monoisotopic (exact) mass is 242 g/mol. The molecule has 15 heavy (non-hydrogen) atoms. The minimum atomic E-state index is -0.0879. The highest BCUT2D eigenvalue weighted by molar-refractivity contribution is 8.18. The number of thiol groups is 1. The maximum Gasteiger partial charge on any atom is 0.126 e. The van der Waals surface area contributed by atoms with Gasteiger partial charge in [0.05, 0.1) is 4.08 Å². The highest BCUT2D eigenvalue weighted by atomic mass is 32.2. The Bertz CT molecular complexity index is 370. The molecular formula is C12H15FS2. The van der Waals surface area contributed by atoms with Gasteiger partial charge in [-0.05, 0) is 29.5 Å². The van der Waals surface area contributed by atoms with Crippen LogP contribution in [0.3, 0.4) is 0 Å². The molecule has 1 unspecified atom stereocenters. The number of benzene rings is 1. The van der Waals surface area contributed by atoms with E-state index in [1.807, 2.05) is 12.1 Å². The van der Waals surface area contributed by atoms with Crippen molar-refractivity contribution in [1.82, 2.24) is 0 Å². The minimum absolute atomic E-state index is 0.0422. The highest BCUT2D eigenvalue weighted by Gasteiger charge is 2.42. The zero-order valence-corrected chi connectivity index (χ0v) is 10.7. The molecule has 1 aromatic rings. The summed E-state index contributed by atoms with van der Waals surface area (Å²) in [5.41, 5.74) is 1.97. The Balaban J connectivity index is 2.28. The van der Waals surface area contributed by atoms with E-state index in [2.05, 4.69) is 26.5 Å². The van der Waals surface area contributed by atoms with Crippen molar-refractivity contribution in [3.05, 3.63) is 35.1 Å². The summed E-state index contributed by atoms with van der Waals surface area (Å²) in [4.78, 5) is 0. The van der Waals surface area contributed by atoms with Crippen molar-refractivity contribution in [3.63, 3.8) is 0 Å². The van der Waals surface area contributed by atoms with Crippen molar-refractivity contribution in [3.8, 4) is 0 Å². The minimum Gasteiger partial charge on any atom is -0.207 e. The lowest BCUT2D eigenvalue weighted by Gasteiger charge is -2.11. The van der Waals surface area contributed by atoms with Crippen LogP contribution in [0.25, 0.3) is 0 Å². The predicted molar refractivity (Wildman–Crippen MR) is 68.1 cm³/mol. The fraction of sp³-hybridized carbons (Fsp3) is 0.500. The van der Waals surface area contributed by atoms with Gasteiger partial charge in [0, 0.05) is 5.75 Å². The summed E-state index contributed by atoms with van der Waals surface area (Å²) in [6.45, 7) is 4.21. The number of hydrogen-bond acceptors (Lipinski definition) is 2. The number of hydrogen-bond donors (Lipinski definition) is 1. The van der Waals surface area contributed by atoms with Gasteiger partial charge in [-0.25, -0.2) is 4.39 Å². The summed E-state index contributed by atoms with van der Waals surface area (Å²) in [5, 5.41) is 0. The van der Waals surface area contributed by atoms with Crippen molar-refractivity contribution in [2.24, 2.45) is 5.92 Å². The van der Waals surface area contributed by atoms with Gasteiger partial charge in [0.2, 0.25) is 0 Å². The second-order valence-corrected chi connectivity index (χ2v) is 6.82. The van der Waals surface area contributed by atoms with Crippen LogP contribution in [0.15, 0.2) is 18.2 Å². The first-order valence-electron chi connectivity index (χ1n) is 5.16. The third-order valence-corrected chi connectivity index (χ3v) is 4.65. The molecule has 0 nitrogen and oxygen atoms in total. The van der Waals surface area contributed by atoms with Crippen LogP contribution in [0.5, 0.6) is 0 Å². The molecule has 0 N–H and O–H groups in total. The topological polar surface area (TPSA) is 0 Å². The SMILES string of the molecule is CC(C)Cc1cc(C2(S)CS2)ccc1F. The van der Waals surface area contributed by atoms with Crippen LogP contribution in [0.2, 0.25) is 0 Å². The number of thioether (sulfide) groups is 1. The normalized spacial score (nSPS) is 24.6. The molecule has 0 bridgehead atoms. The zero-order valence-electron chi connectivity index (χ0n) is 8.96. The number of halogens is 1. The Labute approximate surface area is 100 Å². The van der Waals surface area contributed by atoms with Crippen LogP contribution in [0.4, 0.5) is 4.39 Å². The zero-order chi connectivity index (χ0) is 11.1. The van der Waals surface area contributed by atoms with Gasteiger partial charge in [-0.15, -0.1) is 11.8 Å². The Kier molecular flexibility index (Phi) is 3.04. The predicted octanol–water partition coefficient (Wildman–Crippen LogP) is 3.85. The average molecular weight is 242 g/mol. The molecule has 1 atom stereocenters. The molecular weight excluding hydrogens is 227 g/mol. The molecule has 1 aromatic carbocycles. The van der Waals surface area contributed by atoms with Crippen molar-refractivity contribution in [2.75, 3.05) is 5.75 Å². The molecule has 1 fully saturated rings. The summed E-state index contributed by atoms with van der Waals surface area (Å²) in [5.74, 6) is 1.43. The van der Waals surface area contributed by atoms with E-state index >= 15 is 0 Å². The molecule has 1 saturated heterocycles. The molecule has 1 aliphatic heterocycles. The maximum atomic E-state index is 13.5. The van der Waals surface area contributed by atoms with Gasteiger partial charge < -0.3 is 0 Å². The lowest BCUT2D eigenvalue weighted by atomic mass is 9.99. The van der Waals surface area contributed by atoms with Crippen LogP contribution in [-0.4, -0.2) is 5.75 Å². The van der Waals surface area contributed by atoms with Gasteiger partial charge in [0.1, 0.15) is 5.82 Å². The Morgan fingerprint density at radius 3 is 2.73 bits per heavy atom. The Morgan fingerprint density at radius 1 is 1.53 bits per heavy atom.